The van der Waals surface area contributed by atoms with Crippen molar-refractivity contribution in [3.05, 3.63) is 70.7 Å². The molecule has 3 rings (SSSR count). The second-order valence-corrected chi connectivity index (χ2v) is 8.78. The second kappa shape index (κ2) is 9.26. The molecule has 3 aromatic rings. The highest BCUT2D eigenvalue weighted by Crippen LogP contribution is 2.33. The van der Waals surface area contributed by atoms with Crippen molar-refractivity contribution in [1.82, 2.24) is 14.9 Å². The molecule has 0 saturated heterocycles. The molecule has 0 radical (unpaired) electrons. The number of para-hydroxylation sites is 1. The molecule has 162 valence electrons. The summed E-state index contributed by atoms with van der Waals surface area (Å²) >= 11 is 1.09. The Hall–Kier alpha value is -3.26. The number of anilines is 1. The number of nitrogens with one attached hydrogen (secondary N) is 1. The molecule has 1 heterocycles. The fraction of sp³-hybridized carbons (Fsp3) is 0.304. The molecule has 0 spiro atoms. The molecule has 8 heteroatoms. The summed E-state index contributed by atoms with van der Waals surface area (Å²) in [6.45, 7) is 7.60. The van der Waals surface area contributed by atoms with Gasteiger partial charge in [-0.05, 0) is 68.6 Å². The van der Waals surface area contributed by atoms with E-state index in [1.54, 1.807) is 30.7 Å². The Morgan fingerprint density at radius 2 is 1.87 bits per heavy atom. The Bertz CT molecular complexity index is 1060. The first-order chi connectivity index (χ1) is 14.7. The third kappa shape index (κ3) is 5.27. The molecule has 1 atom stereocenters. The lowest BCUT2D eigenvalue weighted by Gasteiger charge is -2.34. The van der Waals surface area contributed by atoms with Gasteiger partial charge in [0.15, 0.2) is 5.69 Å². The molecule has 0 aliphatic carbocycles. The zero-order chi connectivity index (χ0) is 22.6. The first-order valence-electron chi connectivity index (χ1n) is 9.83. The van der Waals surface area contributed by atoms with Gasteiger partial charge in [0.2, 0.25) is 5.91 Å². The number of hydrogen-bond donors (Lipinski definition) is 1. The Morgan fingerprint density at radius 1 is 1.13 bits per heavy atom. The highest BCUT2D eigenvalue weighted by Gasteiger charge is 2.36. The first-order valence-corrected chi connectivity index (χ1v) is 10.7. The maximum absolute atomic E-state index is 13.6. The van der Waals surface area contributed by atoms with E-state index in [0.29, 0.717) is 17.0 Å². The number of benzene rings is 2. The number of rotatable bonds is 6. The predicted molar refractivity (Wildman–Crippen MR) is 122 cm³/mol. The zero-order valence-electron chi connectivity index (χ0n) is 18.2. The lowest BCUT2D eigenvalue weighted by molar-refractivity contribution is -0.123. The van der Waals surface area contributed by atoms with E-state index in [4.69, 9.17) is 4.74 Å². The van der Waals surface area contributed by atoms with Crippen LogP contribution in [0.4, 0.5) is 5.69 Å². The summed E-state index contributed by atoms with van der Waals surface area (Å²) in [5.74, 6) is -0.112. The van der Waals surface area contributed by atoms with Crippen molar-refractivity contribution in [2.75, 3.05) is 12.0 Å². The Morgan fingerprint density at radius 3 is 2.48 bits per heavy atom. The van der Waals surface area contributed by atoms with E-state index in [0.717, 1.165) is 17.1 Å². The maximum atomic E-state index is 13.6. The number of nitrogens with zero attached hydrogens (tertiary/aromatic N) is 3. The van der Waals surface area contributed by atoms with Crippen molar-refractivity contribution >= 4 is 29.0 Å². The summed E-state index contributed by atoms with van der Waals surface area (Å²) in [7, 11) is 1.56. The molecule has 0 aliphatic rings. The lowest BCUT2D eigenvalue weighted by atomic mass is 9.99. The normalized spacial score (nSPS) is 12.2. The van der Waals surface area contributed by atoms with Crippen LogP contribution in [0.5, 0.6) is 5.75 Å². The summed E-state index contributed by atoms with van der Waals surface area (Å²) < 4.78 is 9.20. The van der Waals surface area contributed by atoms with Gasteiger partial charge in [-0.3, -0.25) is 14.5 Å². The minimum Gasteiger partial charge on any atom is -0.497 e. The number of hydrogen-bond acceptors (Lipinski definition) is 6. The van der Waals surface area contributed by atoms with Crippen molar-refractivity contribution < 1.29 is 14.3 Å². The van der Waals surface area contributed by atoms with Crippen LogP contribution in [-0.4, -0.2) is 34.1 Å². The zero-order valence-corrected chi connectivity index (χ0v) is 19.1. The van der Waals surface area contributed by atoms with E-state index >= 15 is 0 Å². The van der Waals surface area contributed by atoms with Gasteiger partial charge in [0.1, 0.15) is 11.8 Å². The number of aromatic nitrogens is 2. The molecule has 0 bridgehead atoms. The molecule has 2 amide bonds. The van der Waals surface area contributed by atoms with Gasteiger partial charge in [-0.15, -0.1) is 5.10 Å². The standard InChI is InChI=1S/C23H26N4O3S/c1-15-9-6-7-12-19(15)27(22(29)18-14-31-26-25-18)20(21(28)24-23(2,3)4)16-10-8-11-17(13-16)30-5/h6-14,20H,1-5H3,(H,24,28). The van der Waals surface area contributed by atoms with E-state index in [1.165, 1.54) is 4.90 Å². The number of aryl methyl sites for hydroxylation is 1. The maximum Gasteiger partial charge on any atom is 0.280 e. The highest BCUT2D eigenvalue weighted by atomic mass is 32.1. The second-order valence-electron chi connectivity index (χ2n) is 8.17. The van der Waals surface area contributed by atoms with E-state index < -0.39 is 17.5 Å². The minimum absolute atomic E-state index is 0.185. The van der Waals surface area contributed by atoms with Gasteiger partial charge < -0.3 is 10.1 Å². The van der Waals surface area contributed by atoms with E-state index in [2.05, 4.69) is 14.9 Å². The summed E-state index contributed by atoms with van der Waals surface area (Å²) in [4.78, 5) is 28.7. The molecule has 31 heavy (non-hydrogen) atoms. The van der Waals surface area contributed by atoms with Crippen LogP contribution in [0.15, 0.2) is 53.9 Å². The molecule has 1 N–H and O–H groups in total. The molecular formula is C23H26N4O3S. The molecule has 1 aromatic heterocycles. The van der Waals surface area contributed by atoms with Gasteiger partial charge in [-0.2, -0.15) is 0 Å². The first kappa shape index (κ1) is 22.4. The predicted octanol–water partition coefficient (Wildman–Crippen LogP) is 4.16. The van der Waals surface area contributed by atoms with Crippen molar-refractivity contribution in [1.29, 1.82) is 0 Å². The summed E-state index contributed by atoms with van der Waals surface area (Å²) in [5, 5.41) is 8.56. The fourth-order valence-electron chi connectivity index (χ4n) is 3.25. The topological polar surface area (TPSA) is 84.4 Å². The van der Waals surface area contributed by atoms with Crippen LogP contribution in [-0.2, 0) is 4.79 Å². The Balaban J connectivity index is 2.22. The third-order valence-corrected chi connectivity index (χ3v) is 5.09. The van der Waals surface area contributed by atoms with Gasteiger partial charge in [-0.25, -0.2) is 0 Å². The number of carbonyl (C=O) groups excluding carboxylic acids is 2. The highest BCUT2D eigenvalue weighted by molar-refractivity contribution is 7.03. The number of amides is 2. The van der Waals surface area contributed by atoms with Crippen molar-refractivity contribution in [2.45, 2.75) is 39.3 Å². The quantitative estimate of drug-likeness (QED) is 0.625. The minimum atomic E-state index is -0.940. The monoisotopic (exact) mass is 438 g/mol. The van der Waals surface area contributed by atoms with Crippen LogP contribution in [0.2, 0.25) is 0 Å². The summed E-state index contributed by atoms with van der Waals surface area (Å²) in [6.07, 6.45) is 0. The Labute approximate surface area is 186 Å². The smallest absolute Gasteiger partial charge is 0.280 e. The summed E-state index contributed by atoms with van der Waals surface area (Å²) in [6, 6.07) is 13.7. The van der Waals surface area contributed by atoms with E-state index in [-0.39, 0.29) is 11.6 Å². The van der Waals surface area contributed by atoms with Gasteiger partial charge in [0.25, 0.3) is 5.91 Å². The van der Waals surface area contributed by atoms with E-state index in [9.17, 15) is 9.59 Å². The number of methoxy groups -OCH3 is 1. The van der Waals surface area contributed by atoms with Crippen LogP contribution in [0.1, 0.15) is 48.4 Å². The molecular weight excluding hydrogens is 412 g/mol. The lowest BCUT2D eigenvalue weighted by Crippen LogP contribution is -2.49. The van der Waals surface area contributed by atoms with Crippen LogP contribution < -0.4 is 15.0 Å². The largest absolute Gasteiger partial charge is 0.497 e. The average molecular weight is 439 g/mol. The van der Waals surface area contributed by atoms with Gasteiger partial charge in [0.05, 0.1) is 7.11 Å². The van der Waals surface area contributed by atoms with Gasteiger partial charge in [-0.1, -0.05) is 34.8 Å². The van der Waals surface area contributed by atoms with Crippen LogP contribution in [0.25, 0.3) is 0 Å². The van der Waals surface area contributed by atoms with Crippen molar-refractivity contribution in [2.24, 2.45) is 0 Å². The molecule has 7 nitrogen and oxygen atoms in total. The van der Waals surface area contributed by atoms with Crippen LogP contribution >= 0.6 is 11.5 Å². The van der Waals surface area contributed by atoms with Crippen LogP contribution in [0, 0.1) is 6.92 Å². The number of carbonyl (C=O) groups is 2. The summed E-state index contributed by atoms with van der Waals surface area (Å²) in [5.41, 5.74) is 1.80. The molecule has 0 fully saturated rings. The SMILES string of the molecule is COc1cccc(C(C(=O)NC(C)(C)C)N(C(=O)c2csnn2)c2ccccc2C)c1. The Kier molecular flexibility index (Phi) is 6.70. The molecule has 0 aliphatic heterocycles. The van der Waals surface area contributed by atoms with Gasteiger partial charge >= 0.3 is 0 Å². The number of ether oxygens (including phenoxy) is 1. The third-order valence-electron chi connectivity index (χ3n) is 4.59. The van der Waals surface area contributed by atoms with Gasteiger partial charge in [0, 0.05) is 16.6 Å². The van der Waals surface area contributed by atoms with Crippen molar-refractivity contribution in [3.8, 4) is 5.75 Å². The molecule has 1 unspecified atom stereocenters. The van der Waals surface area contributed by atoms with E-state index in [1.807, 2.05) is 58.0 Å². The molecule has 0 saturated carbocycles. The van der Waals surface area contributed by atoms with Crippen molar-refractivity contribution in [3.63, 3.8) is 0 Å². The molecule has 2 aromatic carbocycles. The average Bonchev–Trinajstić information content (AvgIpc) is 3.26. The van der Waals surface area contributed by atoms with Crippen LogP contribution in [0.3, 0.4) is 0 Å². The fourth-order valence-corrected chi connectivity index (χ4v) is 3.68.